The Labute approximate surface area is 189 Å². The number of piperidine rings is 1. The number of aryl methyl sites for hydroxylation is 1. The standard InChI is InChI=1S/C23H24AsN5O2/c1-12-2-3-25-6-15(12)19-4-13-5-20(26-7-16(13)22(24)27-19)28-23(30)21-17-8-29(9-18(17)21)14-10-31-11-14/h2-7,14,17-18,21H,8-11,24H2,1H3,(H,26,28,30). The maximum absolute atomic E-state index is 12.9. The molecule has 0 radical (unpaired) electrons. The third-order valence-corrected chi connectivity index (χ3v) is 7.90. The molecule has 1 aliphatic carbocycles. The Bertz CT molecular complexity index is 1190. The molecule has 0 bridgehead atoms. The number of carbonyl (C=O) groups is 1. The molecule has 1 N–H and O–H groups in total. The van der Waals surface area contributed by atoms with Gasteiger partial charge in [-0.2, -0.15) is 0 Å². The van der Waals surface area contributed by atoms with Crippen molar-refractivity contribution in [3.8, 4) is 11.3 Å². The minimum absolute atomic E-state index is 0.102. The second kappa shape index (κ2) is 7.37. The summed E-state index contributed by atoms with van der Waals surface area (Å²) < 4.78 is 6.28. The first kappa shape index (κ1) is 19.4. The second-order valence-corrected chi connectivity index (χ2v) is 10.0. The zero-order chi connectivity index (χ0) is 21.1. The molecule has 3 aliphatic rings. The monoisotopic (exact) mass is 477 g/mol. The van der Waals surface area contributed by atoms with Crippen molar-refractivity contribution in [2.24, 2.45) is 17.8 Å². The number of anilines is 1. The van der Waals surface area contributed by atoms with Gasteiger partial charge in [0.1, 0.15) is 0 Å². The maximum atomic E-state index is 12.9. The van der Waals surface area contributed by atoms with Crippen LogP contribution in [0.25, 0.3) is 22.0 Å². The van der Waals surface area contributed by atoms with E-state index in [1.165, 1.54) is 16.9 Å². The van der Waals surface area contributed by atoms with E-state index >= 15 is 0 Å². The molecule has 8 heteroatoms. The van der Waals surface area contributed by atoms with Crippen molar-refractivity contribution in [3.05, 3.63) is 42.4 Å². The number of pyridine rings is 3. The Morgan fingerprint density at radius 1 is 1.23 bits per heavy atom. The zero-order valence-corrected chi connectivity index (χ0v) is 19.7. The van der Waals surface area contributed by atoms with Gasteiger partial charge >= 0.3 is 171 Å². The normalized spacial score (nSPS) is 25.3. The van der Waals surface area contributed by atoms with Crippen molar-refractivity contribution in [3.63, 3.8) is 0 Å². The molecule has 31 heavy (non-hydrogen) atoms. The molecule has 0 aromatic carbocycles. The fourth-order valence-corrected chi connectivity index (χ4v) is 5.80. The number of rotatable bonds is 4. The molecule has 2 saturated heterocycles. The summed E-state index contributed by atoms with van der Waals surface area (Å²) in [6.45, 7) is 5.78. The van der Waals surface area contributed by atoms with E-state index in [-0.39, 0.29) is 11.8 Å². The number of amides is 1. The van der Waals surface area contributed by atoms with Crippen LogP contribution in [0.1, 0.15) is 5.56 Å². The van der Waals surface area contributed by atoms with Gasteiger partial charge in [0.15, 0.2) is 0 Å². The molecule has 3 aromatic rings. The zero-order valence-electron chi connectivity index (χ0n) is 17.3. The van der Waals surface area contributed by atoms with Crippen LogP contribution < -0.4 is 9.80 Å². The topological polar surface area (TPSA) is 80.2 Å². The van der Waals surface area contributed by atoms with Gasteiger partial charge in [0, 0.05) is 0 Å². The number of nitrogens with zero attached hydrogens (tertiary/aromatic N) is 4. The average Bonchev–Trinajstić information content (AvgIpc) is 3.22. The quantitative estimate of drug-likeness (QED) is 0.560. The Hall–Kier alpha value is -2.34. The first-order valence-corrected chi connectivity index (χ1v) is 11.9. The molecule has 2 aliphatic heterocycles. The van der Waals surface area contributed by atoms with Crippen LogP contribution in [0.2, 0.25) is 0 Å². The molecule has 158 valence electrons. The molecular weight excluding hydrogens is 453 g/mol. The van der Waals surface area contributed by atoms with E-state index < -0.39 is 0 Å². The van der Waals surface area contributed by atoms with Gasteiger partial charge < -0.3 is 4.74 Å². The third-order valence-electron chi connectivity index (χ3n) is 6.97. The SMILES string of the molecule is Cc1ccncc1-c1cc2cc(NC(=O)C3C4CN(C5COC5)CC43)ncc2c([AsH2])n1. The molecule has 0 spiro atoms. The van der Waals surface area contributed by atoms with Gasteiger partial charge in [-0.25, -0.2) is 0 Å². The molecule has 3 atom stereocenters. The number of ether oxygens (including phenoxy) is 1. The fraction of sp³-hybridized carbons (Fsp3) is 0.391. The van der Waals surface area contributed by atoms with Crippen LogP contribution in [0.3, 0.4) is 0 Å². The number of hydrogen-bond acceptors (Lipinski definition) is 6. The van der Waals surface area contributed by atoms with E-state index in [9.17, 15) is 4.79 Å². The molecule has 3 aromatic heterocycles. The number of hydrogen-bond donors (Lipinski definition) is 1. The first-order chi connectivity index (χ1) is 15.1. The minimum atomic E-state index is 0.102. The molecule has 1 saturated carbocycles. The van der Waals surface area contributed by atoms with E-state index in [4.69, 9.17) is 9.72 Å². The Morgan fingerprint density at radius 2 is 2.03 bits per heavy atom. The van der Waals surface area contributed by atoms with Gasteiger partial charge in [0.2, 0.25) is 0 Å². The van der Waals surface area contributed by atoms with Crippen molar-refractivity contribution in [2.45, 2.75) is 13.0 Å². The van der Waals surface area contributed by atoms with E-state index in [0.717, 1.165) is 58.4 Å². The van der Waals surface area contributed by atoms with Crippen LogP contribution in [-0.2, 0) is 9.53 Å². The molecule has 3 fully saturated rings. The Kier molecular flexibility index (Phi) is 4.60. The molecule has 6 rings (SSSR count). The summed E-state index contributed by atoms with van der Waals surface area (Å²) >= 11 is 1.46. The van der Waals surface area contributed by atoms with Gasteiger partial charge in [-0.3, -0.25) is 0 Å². The predicted molar refractivity (Wildman–Crippen MR) is 121 cm³/mol. The summed E-state index contributed by atoms with van der Waals surface area (Å²) in [7, 11) is 0. The molecule has 7 nitrogen and oxygen atoms in total. The third kappa shape index (κ3) is 3.36. The number of nitrogens with one attached hydrogen (secondary N) is 1. The molecule has 3 unspecified atom stereocenters. The fourth-order valence-electron chi connectivity index (χ4n) is 5.00. The summed E-state index contributed by atoms with van der Waals surface area (Å²) in [6.07, 6.45) is 5.46. The molecule has 5 heterocycles. The van der Waals surface area contributed by atoms with Crippen molar-refractivity contribution >= 4 is 43.8 Å². The van der Waals surface area contributed by atoms with E-state index in [2.05, 4.69) is 33.2 Å². The van der Waals surface area contributed by atoms with E-state index in [1.807, 2.05) is 24.5 Å². The van der Waals surface area contributed by atoms with Crippen LogP contribution >= 0.6 is 0 Å². The first-order valence-electron chi connectivity index (χ1n) is 10.7. The van der Waals surface area contributed by atoms with Crippen LogP contribution in [0.4, 0.5) is 5.82 Å². The van der Waals surface area contributed by atoms with E-state index in [0.29, 0.717) is 23.7 Å². The van der Waals surface area contributed by atoms with Crippen LogP contribution in [0.5, 0.6) is 0 Å². The average molecular weight is 477 g/mol. The van der Waals surface area contributed by atoms with Gasteiger partial charge in [0.25, 0.3) is 0 Å². The number of fused-ring (bicyclic) bond motifs is 2. The number of carbonyl (C=O) groups excluding carboxylic acids is 1. The summed E-state index contributed by atoms with van der Waals surface area (Å²) in [6, 6.07) is 6.58. The Balaban J connectivity index is 1.21. The van der Waals surface area contributed by atoms with Crippen LogP contribution in [0, 0.1) is 24.7 Å². The number of aromatic nitrogens is 3. The summed E-state index contributed by atoms with van der Waals surface area (Å²) in [5.41, 5.74) is 3.06. The van der Waals surface area contributed by atoms with Gasteiger partial charge in [-0.05, 0) is 0 Å². The molecular formula is C23H24AsN5O2. The van der Waals surface area contributed by atoms with Gasteiger partial charge in [-0.1, -0.05) is 0 Å². The van der Waals surface area contributed by atoms with Crippen molar-refractivity contribution in [1.82, 2.24) is 19.9 Å². The van der Waals surface area contributed by atoms with Crippen molar-refractivity contribution in [1.29, 1.82) is 0 Å². The Morgan fingerprint density at radius 3 is 2.74 bits per heavy atom. The van der Waals surface area contributed by atoms with Gasteiger partial charge in [-0.15, -0.1) is 0 Å². The molecule has 1 amide bonds. The predicted octanol–water partition coefficient (Wildman–Crippen LogP) is 0.774. The summed E-state index contributed by atoms with van der Waals surface area (Å²) in [5, 5.41) is 5.12. The number of likely N-dealkylation sites (tertiary alicyclic amines) is 1. The van der Waals surface area contributed by atoms with E-state index in [1.54, 1.807) is 6.20 Å². The summed E-state index contributed by atoms with van der Waals surface area (Å²) in [4.78, 5) is 28.9. The van der Waals surface area contributed by atoms with Crippen molar-refractivity contribution < 1.29 is 9.53 Å². The van der Waals surface area contributed by atoms with Crippen LogP contribution in [0.15, 0.2) is 36.8 Å². The van der Waals surface area contributed by atoms with Crippen LogP contribution in [-0.4, -0.2) is 75.0 Å². The van der Waals surface area contributed by atoms with Gasteiger partial charge in [0.05, 0.1) is 13.2 Å². The summed E-state index contributed by atoms with van der Waals surface area (Å²) in [5.74, 6) is 1.79. The second-order valence-electron chi connectivity index (χ2n) is 8.86. The van der Waals surface area contributed by atoms with Crippen molar-refractivity contribution in [2.75, 3.05) is 31.6 Å².